The zero-order valence-corrected chi connectivity index (χ0v) is 16.5. The van der Waals surface area contributed by atoms with Gasteiger partial charge in [-0.3, -0.25) is 14.2 Å². The number of fused-ring (bicyclic) bond motifs is 1. The zero-order chi connectivity index (χ0) is 21.1. The Morgan fingerprint density at radius 1 is 1.41 bits per heavy atom. The SMILES string of the molecule is Cc1nc(N)ccc1CNC(=O)[C@@H]1CCc2c(Cl)nc(NCCC(F)F)c(=O)n21. The molecular weight excluding hydrogens is 406 g/mol. The average molecular weight is 427 g/mol. The maximum absolute atomic E-state index is 12.8. The van der Waals surface area contributed by atoms with E-state index in [1.54, 1.807) is 19.1 Å². The van der Waals surface area contributed by atoms with E-state index in [9.17, 15) is 18.4 Å². The van der Waals surface area contributed by atoms with Crippen LogP contribution < -0.4 is 21.9 Å². The lowest BCUT2D eigenvalue weighted by Gasteiger charge is -2.17. The number of nitrogen functional groups attached to an aromatic ring is 1. The highest BCUT2D eigenvalue weighted by Crippen LogP contribution is 2.29. The molecule has 2 aromatic rings. The third kappa shape index (κ3) is 4.64. The van der Waals surface area contributed by atoms with E-state index < -0.39 is 24.4 Å². The number of nitrogens with one attached hydrogen (secondary N) is 2. The van der Waals surface area contributed by atoms with Crippen molar-refractivity contribution in [1.29, 1.82) is 0 Å². The number of halogens is 3. The van der Waals surface area contributed by atoms with Gasteiger partial charge >= 0.3 is 0 Å². The third-order valence-electron chi connectivity index (χ3n) is 4.75. The Labute approximate surface area is 170 Å². The van der Waals surface area contributed by atoms with Crippen LogP contribution in [-0.2, 0) is 17.8 Å². The Hall–Kier alpha value is -2.75. The number of aryl methyl sites for hydroxylation is 1. The average Bonchev–Trinajstić information content (AvgIpc) is 3.10. The van der Waals surface area contributed by atoms with Gasteiger partial charge in [0.1, 0.15) is 11.9 Å². The number of rotatable bonds is 7. The highest BCUT2D eigenvalue weighted by molar-refractivity contribution is 6.30. The van der Waals surface area contributed by atoms with Gasteiger partial charge in [-0.1, -0.05) is 17.7 Å². The Morgan fingerprint density at radius 2 is 2.17 bits per heavy atom. The standard InChI is InChI=1S/C18H21ClF2N6O2/c1-9-10(2-5-14(22)25-9)8-24-17(28)12-4-3-11-15(19)26-16(18(29)27(11)12)23-7-6-13(20)21/h2,5,12-13H,3-4,6-8H2,1H3,(H2,22,25)(H,23,26)(H,24,28)/t12-/m0/s1. The fraction of sp³-hybridized carbons (Fsp3) is 0.444. The first-order valence-corrected chi connectivity index (χ1v) is 9.48. The largest absolute Gasteiger partial charge is 0.384 e. The number of hydrogen-bond donors (Lipinski definition) is 3. The summed E-state index contributed by atoms with van der Waals surface area (Å²) in [5, 5.41) is 5.47. The number of hydrogen-bond acceptors (Lipinski definition) is 6. The zero-order valence-electron chi connectivity index (χ0n) is 15.7. The van der Waals surface area contributed by atoms with Gasteiger partial charge in [0.25, 0.3) is 5.56 Å². The molecule has 8 nitrogen and oxygen atoms in total. The topological polar surface area (TPSA) is 115 Å². The van der Waals surface area contributed by atoms with Crippen molar-refractivity contribution in [2.45, 2.75) is 45.2 Å². The lowest BCUT2D eigenvalue weighted by atomic mass is 10.1. The summed E-state index contributed by atoms with van der Waals surface area (Å²) in [6, 6.07) is 2.67. The molecule has 0 fully saturated rings. The van der Waals surface area contributed by atoms with Gasteiger partial charge in [0.05, 0.1) is 5.69 Å². The number of carbonyl (C=O) groups excluding carboxylic acids is 1. The summed E-state index contributed by atoms with van der Waals surface area (Å²) >= 11 is 6.16. The number of nitrogens with zero attached hydrogens (tertiary/aromatic N) is 3. The van der Waals surface area contributed by atoms with E-state index in [0.29, 0.717) is 30.0 Å². The Morgan fingerprint density at radius 3 is 2.86 bits per heavy atom. The van der Waals surface area contributed by atoms with E-state index >= 15 is 0 Å². The summed E-state index contributed by atoms with van der Waals surface area (Å²) in [7, 11) is 0. The lowest BCUT2D eigenvalue weighted by Crippen LogP contribution is -2.36. The lowest BCUT2D eigenvalue weighted by molar-refractivity contribution is -0.124. The third-order valence-corrected chi connectivity index (χ3v) is 5.06. The van der Waals surface area contributed by atoms with Gasteiger partial charge in [0, 0.05) is 25.2 Å². The molecule has 1 atom stereocenters. The van der Waals surface area contributed by atoms with E-state index in [-0.39, 0.29) is 30.0 Å². The molecule has 1 aliphatic rings. The van der Waals surface area contributed by atoms with Gasteiger partial charge in [-0.25, -0.2) is 18.7 Å². The predicted octanol–water partition coefficient (Wildman–Crippen LogP) is 2.05. The van der Waals surface area contributed by atoms with Crippen molar-refractivity contribution in [3.05, 3.63) is 44.6 Å². The minimum absolute atomic E-state index is 0.0815. The number of amides is 1. The normalized spacial score (nSPS) is 15.4. The molecule has 4 N–H and O–H groups in total. The molecule has 0 saturated heterocycles. The number of anilines is 2. The molecule has 3 heterocycles. The summed E-state index contributed by atoms with van der Waals surface area (Å²) in [5.41, 5.74) is 7.04. The number of nitrogens with two attached hydrogens (primary N) is 1. The first-order valence-electron chi connectivity index (χ1n) is 9.10. The second kappa shape index (κ2) is 8.73. The fourth-order valence-corrected chi connectivity index (χ4v) is 3.53. The van der Waals surface area contributed by atoms with E-state index in [2.05, 4.69) is 20.6 Å². The molecule has 0 spiro atoms. The van der Waals surface area contributed by atoms with Crippen molar-refractivity contribution in [3.8, 4) is 0 Å². The van der Waals surface area contributed by atoms with Crippen LogP contribution in [0.1, 0.15) is 35.8 Å². The molecule has 1 amide bonds. The Balaban J connectivity index is 1.77. The molecule has 3 rings (SSSR count). The number of pyridine rings is 1. The molecule has 0 radical (unpaired) electrons. The second-order valence-corrected chi connectivity index (χ2v) is 7.09. The van der Waals surface area contributed by atoms with Gasteiger partial charge in [-0.15, -0.1) is 0 Å². The van der Waals surface area contributed by atoms with Crippen LogP contribution >= 0.6 is 11.6 Å². The molecule has 0 bridgehead atoms. The van der Waals surface area contributed by atoms with Crippen molar-refractivity contribution in [3.63, 3.8) is 0 Å². The minimum atomic E-state index is -2.50. The van der Waals surface area contributed by atoms with Crippen LogP contribution in [0, 0.1) is 6.92 Å². The molecular formula is C18H21ClF2N6O2. The molecule has 29 heavy (non-hydrogen) atoms. The van der Waals surface area contributed by atoms with Crippen LogP contribution in [0.2, 0.25) is 5.15 Å². The highest BCUT2D eigenvalue weighted by Gasteiger charge is 2.32. The van der Waals surface area contributed by atoms with Crippen LogP contribution in [0.5, 0.6) is 0 Å². The molecule has 0 aliphatic carbocycles. The molecule has 0 unspecified atom stereocenters. The minimum Gasteiger partial charge on any atom is -0.384 e. The molecule has 156 valence electrons. The first kappa shape index (κ1) is 21.0. The van der Waals surface area contributed by atoms with Crippen molar-refractivity contribution in [1.82, 2.24) is 19.9 Å². The maximum Gasteiger partial charge on any atom is 0.294 e. The number of alkyl halides is 2. The van der Waals surface area contributed by atoms with Crippen molar-refractivity contribution in [2.24, 2.45) is 0 Å². The van der Waals surface area contributed by atoms with Gasteiger partial charge in [-0.2, -0.15) is 0 Å². The van der Waals surface area contributed by atoms with Crippen LogP contribution in [-0.4, -0.2) is 33.4 Å². The van der Waals surface area contributed by atoms with Crippen LogP contribution in [0.15, 0.2) is 16.9 Å². The van der Waals surface area contributed by atoms with Crippen molar-refractivity contribution >= 4 is 29.1 Å². The van der Waals surface area contributed by atoms with Crippen molar-refractivity contribution in [2.75, 3.05) is 17.6 Å². The summed E-state index contributed by atoms with van der Waals surface area (Å²) in [6.07, 6.45) is -2.12. The smallest absolute Gasteiger partial charge is 0.294 e. The van der Waals surface area contributed by atoms with Gasteiger partial charge in [0.15, 0.2) is 11.0 Å². The van der Waals surface area contributed by atoms with Crippen LogP contribution in [0.3, 0.4) is 0 Å². The number of carbonyl (C=O) groups is 1. The maximum atomic E-state index is 12.8. The molecule has 1 aliphatic heterocycles. The summed E-state index contributed by atoms with van der Waals surface area (Å²) in [6.45, 7) is 1.89. The Bertz CT molecular complexity index is 982. The van der Waals surface area contributed by atoms with E-state index in [4.69, 9.17) is 17.3 Å². The summed E-state index contributed by atoms with van der Waals surface area (Å²) in [5.74, 6) is -0.0941. The number of aromatic nitrogens is 3. The van der Waals surface area contributed by atoms with E-state index in [1.165, 1.54) is 4.57 Å². The Kier molecular flexibility index (Phi) is 6.31. The fourth-order valence-electron chi connectivity index (χ4n) is 3.26. The summed E-state index contributed by atoms with van der Waals surface area (Å²) < 4.78 is 26.0. The molecule has 0 saturated carbocycles. The quantitative estimate of drug-likeness (QED) is 0.624. The van der Waals surface area contributed by atoms with Crippen LogP contribution in [0.25, 0.3) is 0 Å². The van der Waals surface area contributed by atoms with E-state index in [0.717, 1.165) is 5.56 Å². The van der Waals surface area contributed by atoms with Gasteiger partial charge in [0.2, 0.25) is 12.3 Å². The van der Waals surface area contributed by atoms with E-state index in [1.807, 2.05) is 0 Å². The van der Waals surface area contributed by atoms with Crippen LogP contribution in [0.4, 0.5) is 20.4 Å². The summed E-state index contributed by atoms with van der Waals surface area (Å²) in [4.78, 5) is 33.6. The predicted molar refractivity (Wildman–Crippen MR) is 105 cm³/mol. The monoisotopic (exact) mass is 426 g/mol. The van der Waals surface area contributed by atoms with Gasteiger partial charge in [-0.05, 0) is 31.4 Å². The molecule has 0 aromatic carbocycles. The van der Waals surface area contributed by atoms with Crippen molar-refractivity contribution < 1.29 is 13.6 Å². The highest BCUT2D eigenvalue weighted by atomic mass is 35.5. The molecule has 11 heteroatoms. The van der Waals surface area contributed by atoms with Gasteiger partial charge < -0.3 is 16.4 Å². The first-order chi connectivity index (χ1) is 13.8. The second-order valence-electron chi connectivity index (χ2n) is 6.73. The molecule has 2 aromatic heterocycles.